The monoisotopic (exact) mass is 143 g/mol. The van der Waals surface area contributed by atoms with Gasteiger partial charge in [-0.15, -0.1) is 4.48 Å². The van der Waals surface area contributed by atoms with Gasteiger partial charge in [-0.25, -0.2) is 8.78 Å². The smallest absolute Gasteiger partial charge is 0.282 e. The van der Waals surface area contributed by atoms with Crippen LogP contribution >= 0.6 is 0 Å². The van der Waals surface area contributed by atoms with E-state index in [9.17, 15) is 18.1 Å². The van der Waals surface area contributed by atoms with Crippen molar-refractivity contribution in [1.82, 2.24) is 5.54 Å². The van der Waals surface area contributed by atoms with Crippen LogP contribution in [0, 0.1) is 0 Å². The molecule has 0 spiro atoms. The lowest BCUT2D eigenvalue weighted by Gasteiger charge is -2.03. The zero-order valence-electron chi connectivity index (χ0n) is 4.14. The fraction of sp³-hybridized carbons (Fsp3) is 0.667. The van der Waals surface area contributed by atoms with Gasteiger partial charge in [-0.3, -0.25) is 4.79 Å². The molecule has 0 aromatic heterocycles. The summed E-state index contributed by atoms with van der Waals surface area (Å²) in [6.07, 6.45) is -5.82. The molecule has 1 unspecified atom stereocenters. The molecule has 0 aliphatic rings. The molecule has 1 amide bonds. The van der Waals surface area contributed by atoms with E-state index in [2.05, 4.69) is 0 Å². The second-order valence-corrected chi connectivity index (χ2v) is 1.24. The van der Waals surface area contributed by atoms with Crippen molar-refractivity contribution in [2.24, 2.45) is 0 Å². The summed E-state index contributed by atoms with van der Waals surface area (Å²) >= 11 is 0. The summed E-state index contributed by atoms with van der Waals surface area (Å²) in [6, 6.07) is 0. The highest BCUT2D eigenvalue weighted by atomic mass is 19.3. The molecule has 0 saturated heterocycles. The minimum absolute atomic E-state index is 0.377. The molecule has 0 aromatic rings. The van der Waals surface area contributed by atoms with E-state index in [4.69, 9.17) is 5.11 Å². The van der Waals surface area contributed by atoms with Crippen molar-refractivity contribution < 1.29 is 23.2 Å². The maximum Gasteiger partial charge on any atom is 0.282 e. The fourth-order valence-corrected chi connectivity index (χ4v) is 0.170. The van der Waals surface area contributed by atoms with E-state index in [1.165, 1.54) is 0 Å². The third-order valence-electron chi connectivity index (χ3n) is 0.600. The van der Waals surface area contributed by atoms with Gasteiger partial charge in [-0.2, -0.15) is 5.54 Å². The summed E-state index contributed by atoms with van der Waals surface area (Å²) in [6.45, 7) is 0. The predicted molar refractivity (Wildman–Crippen MR) is 21.3 cm³/mol. The molecule has 0 rings (SSSR count). The molecule has 54 valence electrons. The number of carbonyl (C=O) groups excluding carboxylic acids is 1. The Bertz CT molecular complexity index is 107. The van der Waals surface area contributed by atoms with Crippen LogP contribution in [-0.4, -0.2) is 23.5 Å². The van der Waals surface area contributed by atoms with Crippen LogP contribution in [0.1, 0.15) is 0 Å². The fourth-order valence-electron chi connectivity index (χ4n) is 0.170. The van der Waals surface area contributed by atoms with Crippen molar-refractivity contribution in [1.29, 1.82) is 0 Å². The second kappa shape index (κ2) is 3.29. The summed E-state index contributed by atoms with van der Waals surface area (Å²) in [5.41, 5.74) is 0.377. The molecule has 3 nitrogen and oxygen atoms in total. The van der Waals surface area contributed by atoms with Crippen LogP contribution < -0.4 is 5.54 Å². The molecule has 0 saturated carbocycles. The lowest BCUT2D eigenvalue weighted by Crippen LogP contribution is -2.34. The Morgan fingerprint density at radius 2 is 2.00 bits per heavy atom. The van der Waals surface area contributed by atoms with Gasteiger partial charge in [-0.05, 0) is 0 Å². The van der Waals surface area contributed by atoms with Crippen LogP contribution in [0.3, 0.4) is 0 Å². The Kier molecular flexibility index (Phi) is 3.00. The van der Waals surface area contributed by atoms with Gasteiger partial charge < -0.3 is 5.11 Å². The van der Waals surface area contributed by atoms with Crippen molar-refractivity contribution in [3.63, 3.8) is 0 Å². The van der Waals surface area contributed by atoms with Crippen molar-refractivity contribution in [2.75, 3.05) is 0 Å². The number of alkyl halides is 2. The third kappa shape index (κ3) is 2.31. The van der Waals surface area contributed by atoms with Crippen LogP contribution in [-0.2, 0) is 4.79 Å². The van der Waals surface area contributed by atoms with Gasteiger partial charge in [0, 0.05) is 0 Å². The van der Waals surface area contributed by atoms with E-state index < -0.39 is 18.4 Å². The van der Waals surface area contributed by atoms with Gasteiger partial charge in [0.25, 0.3) is 12.3 Å². The number of rotatable bonds is 2. The van der Waals surface area contributed by atoms with E-state index >= 15 is 0 Å². The van der Waals surface area contributed by atoms with Crippen molar-refractivity contribution in [2.45, 2.75) is 12.5 Å². The zero-order valence-corrected chi connectivity index (χ0v) is 4.14. The third-order valence-corrected chi connectivity index (χ3v) is 0.600. The highest BCUT2D eigenvalue weighted by Crippen LogP contribution is 1.99. The van der Waals surface area contributed by atoms with E-state index in [0.717, 1.165) is 0 Å². The van der Waals surface area contributed by atoms with Gasteiger partial charge >= 0.3 is 0 Å². The first-order chi connectivity index (χ1) is 4.09. The lowest BCUT2D eigenvalue weighted by atomic mass is 10.4. The number of aliphatic hydroxyl groups excluding tert-OH is 1. The zero-order chi connectivity index (χ0) is 7.44. The largest absolute Gasteiger partial charge is 0.378 e. The standard InChI is InChI=1S/C3H4F3NO2/c4-2(5)1(8)3(9)7-6/h1-2,8H,(H,7,9). The minimum Gasteiger partial charge on any atom is -0.378 e. The van der Waals surface area contributed by atoms with Crippen LogP contribution in [0.5, 0.6) is 0 Å². The molecule has 0 aromatic carbocycles. The summed E-state index contributed by atoms with van der Waals surface area (Å²) in [4.78, 5) is 9.74. The Hall–Kier alpha value is -0.780. The number of halogens is 3. The Labute approximate surface area is 48.4 Å². The predicted octanol–water partition coefficient (Wildman–Crippen LogP) is -0.387. The molecule has 9 heavy (non-hydrogen) atoms. The number of carbonyl (C=O) groups is 1. The second-order valence-electron chi connectivity index (χ2n) is 1.24. The normalized spacial score (nSPS) is 13.4. The van der Waals surface area contributed by atoms with Gasteiger partial charge in [0.1, 0.15) is 0 Å². The van der Waals surface area contributed by atoms with Crippen molar-refractivity contribution in [3.05, 3.63) is 0 Å². The average Bonchev–Trinajstić information content (AvgIpc) is 1.84. The number of aliphatic hydroxyl groups is 1. The molecular weight excluding hydrogens is 139 g/mol. The molecule has 0 aliphatic heterocycles. The molecule has 0 fully saturated rings. The molecule has 6 heteroatoms. The highest BCUT2D eigenvalue weighted by molar-refractivity contribution is 5.79. The van der Waals surface area contributed by atoms with Crippen LogP contribution in [0.25, 0.3) is 0 Å². The topological polar surface area (TPSA) is 49.3 Å². The molecule has 0 heterocycles. The van der Waals surface area contributed by atoms with Crippen LogP contribution in [0.15, 0.2) is 0 Å². The van der Waals surface area contributed by atoms with E-state index in [0.29, 0.717) is 5.54 Å². The maximum atomic E-state index is 11.2. The average molecular weight is 143 g/mol. The number of hydrogen-bond donors (Lipinski definition) is 2. The Morgan fingerprint density at radius 3 is 2.11 bits per heavy atom. The van der Waals surface area contributed by atoms with Crippen LogP contribution in [0.4, 0.5) is 13.3 Å². The summed E-state index contributed by atoms with van der Waals surface area (Å²) < 4.78 is 33.3. The molecule has 0 radical (unpaired) electrons. The Balaban J connectivity index is 3.72. The molecule has 0 aliphatic carbocycles. The molecule has 1 atom stereocenters. The van der Waals surface area contributed by atoms with E-state index in [1.54, 1.807) is 0 Å². The van der Waals surface area contributed by atoms with Crippen molar-refractivity contribution in [3.8, 4) is 0 Å². The first-order valence-corrected chi connectivity index (χ1v) is 1.96. The first-order valence-electron chi connectivity index (χ1n) is 1.96. The van der Waals surface area contributed by atoms with Gasteiger partial charge in [-0.1, -0.05) is 0 Å². The minimum atomic E-state index is -3.25. The number of nitrogens with one attached hydrogen (secondary N) is 1. The number of amides is 1. The summed E-state index contributed by atoms with van der Waals surface area (Å²) in [5, 5.41) is 7.99. The molecular formula is C3H4F3NO2. The van der Waals surface area contributed by atoms with Gasteiger partial charge in [0.15, 0.2) is 6.10 Å². The van der Waals surface area contributed by atoms with Crippen LogP contribution in [0.2, 0.25) is 0 Å². The van der Waals surface area contributed by atoms with E-state index in [1.807, 2.05) is 0 Å². The summed E-state index contributed by atoms with van der Waals surface area (Å²) in [5.74, 6) is -1.73. The molecule has 0 bridgehead atoms. The SMILES string of the molecule is O=C(NF)C(O)C(F)F. The van der Waals surface area contributed by atoms with Gasteiger partial charge in [0.2, 0.25) is 0 Å². The Morgan fingerprint density at radius 1 is 1.56 bits per heavy atom. The molecule has 2 N–H and O–H groups in total. The maximum absolute atomic E-state index is 11.2. The lowest BCUT2D eigenvalue weighted by molar-refractivity contribution is -0.141. The summed E-state index contributed by atoms with van der Waals surface area (Å²) in [7, 11) is 0. The first kappa shape index (κ1) is 8.22. The number of hydrogen-bond acceptors (Lipinski definition) is 2. The highest BCUT2D eigenvalue weighted by Gasteiger charge is 2.24. The van der Waals surface area contributed by atoms with Gasteiger partial charge in [0.05, 0.1) is 0 Å². The quantitative estimate of drug-likeness (QED) is 0.517. The van der Waals surface area contributed by atoms with E-state index in [-0.39, 0.29) is 0 Å². The van der Waals surface area contributed by atoms with Crippen molar-refractivity contribution >= 4 is 5.91 Å².